The van der Waals surface area contributed by atoms with Gasteiger partial charge in [-0.3, -0.25) is 4.79 Å². The molecule has 2 aromatic carbocycles. The molecule has 0 aliphatic heterocycles. The van der Waals surface area contributed by atoms with E-state index >= 15 is 0 Å². The zero-order chi connectivity index (χ0) is 14.3. The lowest BCUT2D eigenvalue weighted by atomic mass is 9.91. The summed E-state index contributed by atoms with van der Waals surface area (Å²) in [5, 5.41) is 10.5. The van der Waals surface area contributed by atoms with Crippen LogP contribution in [0.5, 0.6) is 0 Å². The predicted molar refractivity (Wildman–Crippen MR) is 79.5 cm³/mol. The van der Waals surface area contributed by atoms with Crippen LogP contribution >= 0.6 is 0 Å². The van der Waals surface area contributed by atoms with Crippen molar-refractivity contribution in [3.8, 4) is 0 Å². The van der Waals surface area contributed by atoms with Gasteiger partial charge in [-0.2, -0.15) is 0 Å². The van der Waals surface area contributed by atoms with E-state index < -0.39 is 0 Å². The molecule has 0 amide bonds. The highest BCUT2D eigenvalue weighted by Gasteiger charge is 2.22. The van der Waals surface area contributed by atoms with Crippen LogP contribution in [0.1, 0.15) is 20.8 Å². The standard InChI is InChI=1S/C16H17N3O/c1-16(2,3)15(20)10-19-14-9-12-7-5-4-6-11(12)8-13(14)17-18-19/h4-9H,10H2,1-3H3. The van der Waals surface area contributed by atoms with Gasteiger partial charge in [0.1, 0.15) is 12.1 Å². The molecule has 102 valence electrons. The Kier molecular flexibility index (Phi) is 2.82. The quantitative estimate of drug-likeness (QED) is 0.716. The van der Waals surface area contributed by atoms with E-state index in [0.717, 1.165) is 21.8 Å². The molecule has 0 atom stereocenters. The number of Topliss-reactive ketones (excluding diaryl/α,β-unsaturated/α-hetero) is 1. The molecule has 3 aromatic rings. The predicted octanol–water partition coefficient (Wildman–Crippen LogP) is 3.20. The molecule has 0 bridgehead atoms. The molecular weight excluding hydrogens is 250 g/mol. The third-order valence-corrected chi connectivity index (χ3v) is 3.51. The van der Waals surface area contributed by atoms with Gasteiger partial charge in [0.2, 0.25) is 0 Å². The monoisotopic (exact) mass is 267 g/mol. The average molecular weight is 267 g/mol. The lowest BCUT2D eigenvalue weighted by Gasteiger charge is -2.16. The van der Waals surface area contributed by atoms with Gasteiger partial charge >= 0.3 is 0 Å². The van der Waals surface area contributed by atoms with Crippen molar-refractivity contribution in [3.63, 3.8) is 0 Å². The van der Waals surface area contributed by atoms with Gasteiger partial charge in [0.15, 0.2) is 5.78 Å². The fourth-order valence-electron chi connectivity index (χ4n) is 2.14. The zero-order valence-electron chi connectivity index (χ0n) is 11.9. The maximum atomic E-state index is 12.2. The highest BCUT2D eigenvalue weighted by atomic mass is 16.1. The summed E-state index contributed by atoms with van der Waals surface area (Å²) in [4.78, 5) is 12.2. The first-order valence-corrected chi connectivity index (χ1v) is 6.70. The topological polar surface area (TPSA) is 47.8 Å². The van der Waals surface area contributed by atoms with Gasteiger partial charge in [0, 0.05) is 5.41 Å². The number of nitrogens with zero attached hydrogens (tertiary/aromatic N) is 3. The summed E-state index contributed by atoms with van der Waals surface area (Å²) in [5.74, 6) is 0.150. The number of carbonyl (C=O) groups is 1. The van der Waals surface area contributed by atoms with Gasteiger partial charge in [0.25, 0.3) is 0 Å². The second-order valence-corrected chi connectivity index (χ2v) is 6.11. The minimum Gasteiger partial charge on any atom is -0.297 e. The third kappa shape index (κ3) is 2.18. The second-order valence-electron chi connectivity index (χ2n) is 6.11. The minimum atomic E-state index is -0.366. The maximum Gasteiger partial charge on any atom is 0.159 e. The summed E-state index contributed by atoms with van der Waals surface area (Å²) in [5.41, 5.74) is 1.36. The van der Waals surface area contributed by atoms with Crippen molar-refractivity contribution in [1.29, 1.82) is 0 Å². The van der Waals surface area contributed by atoms with E-state index in [-0.39, 0.29) is 17.7 Å². The van der Waals surface area contributed by atoms with Crippen molar-refractivity contribution >= 4 is 27.6 Å². The van der Waals surface area contributed by atoms with Crippen LogP contribution in [-0.2, 0) is 11.3 Å². The molecule has 0 radical (unpaired) electrons. The number of hydrogen-bond donors (Lipinski definition) is 0. The Bertz CT molecular complexity index is 796. The van der Waals surface area contributed by atoms with Crippen LogP contribution < -0.4 is 0 Å². The average Bonchev–Trinajstić information content (AvgIpc) is 2.77. The summed E-state index contributed by atoms with van der Waals surface area (Å²) in [6.45, 7) is 6.02. The van der Waals surface area contributed by atoms with Crippen molar-refractivity contribution in [2.75, 3.05) is 0 Å². The van der Waals surface area contributed by atoms with E-state index in [0.29, 0.717) is 0 Å². The molecular formula is C16H17N3O. The van der Waals surface area contributed by atoms with E-state index in [1.54, 1.807) is 4.68 Å². The van der Waals surface area contributed by atoms with Gasteiger partial charge in [-0.05, 0) is 22.9 Å². The number of rotatable bonds is 2. The molecule has 4 heteroatoms. The van der Waals surface area contributed by atoms with Crippen molar-refractivity contribution in [1.82, 2.24) is 15.0 Å². The molecule has 20 heavy (non-hydrogen) atoms. The molecule has 0 saturated heterocycles. The molecule has 0 aliphatic carbocycles. The van der Waals surface area contributed by atoms with E-state index in [1.807, 2.05) is 51.1 Å². The van der Waals surface area contributed by atoms with Crippen molar-refractivity contribution in [3.05, 3.63) is 36.4 Å². The SMILES string of the molecule is CC(C)(C)C(=O)Cn1nnc2cc3ccccc3cc21. The van der Waals surface area contributed by atoms with Gasteiger partial charge in [-0.15, -0.1) is 5.10 Å². The van der Waals surface area contributed by atoms with E-state index in [4.69, 9.17) is 0 Å². The molecule has 0 fully saturated rings. The lowest BCUT2D eigenvalue weighted by molar-refractivity contribution is -0.127. The highest BCUT2D eigenvalue weighted by molar-refractivity contribution is 5.95. The van der Waals surface area contributed by atoms with Gasteiger partial charge < -0.3 is 0 Å². The van der Waals surface area contributed by atoms with Crippen LogP contribution in [0.4, 0.5) is 0 Å². The number of aromatic nitrogens is 3. The summed E-state index contributed by atoms with van der Waals surface area (Å²) < 4.78 is 1.69. The lowest BCUT2D eigenvalue weighted by Crippen LogP contribution is -2.25. The number of ketones is 1. The zero-order valence-corrected chi connectivity index (χ0v) is 11.9. The van der Waals surface area contributed by atoms with E-state index in [1.165, 1.54) is 0 Å². The number of fused-ring (bicyclic) bond motifs is 2. The van der Waals surface area contributed by atoms with Crippen molar-refractivity contribution in [2.45, 2.75) is 27.3 Å². The smallest absolute Gasteiger partial charge is 0.159 e. The van der Waals surface area contributed by atoms with Crippen LogP contribution in [0.2, 0.25) is 0 Å². The summed E-state index contributed by atoms with van der Waals surface area (Å²) in [6, 6.07) is 12.2. The molecule has 1 aromatic heterocycles. The molecule has 0 aliphatic rings. The first-order valence-electron chi connectivity index (χ1n) is 6.70. The van der Waals surface area contributed by atoms with Gasteiger partial charge in [-0.1, -0.05) is 50.3 Å². The molecule has 0 N–H and O–H groups in total. The normalized spacial score (nSPS) is 12.2. The molecule has 0 saturated carbocycles. The fraction of sp³-hybridized carbons (Fsp3) is 0.312. The van der Waals surface area contributed by atoms with E-state index in [2.05, 4.69) is 16.4 Å². The Morgan fingerprint density at radius 2 is 1.80 bits per heavy atom. The Morgan fingerprint density at radius 3 is 2.45 bits per heavy atom. The fourth-order valence-corrected chi connectivity index (χ4v) is 2.14. The summed E-state index contributed by atoms with van der Waals surface area (Å²) >= 11 is 0. The Morgan fingerprint density at radius 1 is 1.15 bits per heavy atom. The number of benzene rings is 2. The highest BCUT2D eigenvalue weighted by Crippen LogP contribution is 2.22. The number of hydrogen-bond acceptors (Lipinski definition) is 3. The maximum absolute atomic E-state index is 12.2. The van der Waals surface area contributed by atoms with Crippen LogP contribution in [0, 0.1) is 5.41 Å². The number of carbonyl (C=O) groups excluding carboxylic acids is 1. The van der Waals surface area contributed by atoms with Crippen LogP contribution in [0.25, 0.3) is 21.8 Å². The first kappa shape index (κ1) is 12.8. The molecule has 4 nitrogen and oxygen atoms in total. The Balaban J connectivity index is 2.09. The van der Waals surface area contributed by atoms with Crippen LogP contribution in [0.3, 0.4) is 0 Å². The Hall–Kier alpha value is -2.23. The molecule has 0 spiro atoms. The summed E-state index contributed by atoms with van der Waals surface area (Å²) in [7, 11) is 0. The molecule has 3 rings (SSSR count). The second kappa shape index (κ2) is 4.40. The minimum absolute atomic E-state index is 0.150. The summed E-state index contributed by atoms with van der Waals surface area (Å²) in [6.07, 6.45) is 0. The van der Waals surface area contributed by atoms with Crippen molar-refractivity contribution in [2.24, 2.45) is 5.41 Å². The third-order valence-electron chi connectivity index (χ3n) is 3.51. The van der Waals surface area contributed by atoms with Gasteiger partial charge in [-0.25, -0.2) is 4.68 Å². The first-order chi connectivity index (χ1) is 9.45. The Labute approximate surface area is 117 Å². The largest absolute Gasteiger partial charge is 0.297 e. The molecule has 0 unspecified atom stereocenters. The van der Waals surface area contributed by atoms with Gasteiger partial charge in [0.05, 0.1) is 5.52 Å². The van der Waals surface area contributed by atoms with E-state index in [9.17, 15) is 4.79 Å². The molecule has 1 heterocycles. The van der Waals surface area contributed by atoms with Crippen LogP contribution in [0.15, 0.2) is 36.4 Å². The van der Waals surface area contributed by atoms with Crippen molar-refractivity contribution < 1.29 is 4.79 Å². The van der Waals surface area contributed by atoms with Crippen LogP contribution in [-0.4, -0.2) is 20.8 Å².